The number of carbonyl (C=O) groups is 1. The normalized spacial score (nSPS) is 25.3. The number of nitrogens with zero attached hydrogens (tertiary/aromatic N) is 2. The summed E-state index contributed by atoms with van der Waals surface area (Å²) in [5, 5.41) is 10.1. The molecule has 114 valence electrons. The van der Waals surface area contributed by atoms with Gasteiger partial charge in [0.05, 0.1) is 12.0 Å². The van der Waals surface area contributed by atoms with Gasteiger partial charge in [0, 0.05) is 12.3 Å². The maximum atomic E-state index is 13.7. The van der Waals surface area contributed by atoms with E-state index < -0.39 is 11.9 Å². The highest BCUT2D eigenvalue weighted by atomic mass is 32.2. The highest BCUT2D eigenvalue weighted by Gasteiger charge is 2.41. The van der Waals surface area contributed by atoms with Crippen molar-refractivity contribution < 1.29 is 14.3 Å². The number of para-hydroxylation sites is 1. The van der Waals surface area contributed by atoms with Crippen molar-refractivity contribution >= 4 is 28.6 Å². The number of hydrogen-bond donors (Lipinski definition) is 1. The number of benzene rings is 1. The quantitative estimate of drug-likeness (QED) is 0.926. The molecule has 1 aliphatic rings. The van der Waals surface area contributed by atoms with Gasteiger partial charge in [-0.2, -0.15) is 0 Å². The summed E-state index contributed by atoms with van der Waals surface area (Å²) < 4.78 is 13.7. The van der Waals surface area contributed by atoms with Crippen molar-refractivity contribution in [2.75, 3.05) is 7.05 Å². The van der Waals surface area contributed by atoms with Gasteiger partial charge in [-0.05, 0) is 18.6 Å². The summed E-state index contributed by atoms with van der Waals surface area (Å²) >= 11 is 1.49. The minimum absolute atomic E-state index is 0.0987. The van der Waals surface area contributed by atoms with E-state index in [0.29, 0.717) is 11.6 Å². The van der Waals surface area contributed by atoms with Crippen molar-refractivity contribution in [2.24, 2.45) is 10.9 Å². The summed E-state index contributed by atoms with van der Waals surface area (Å²) in [4.78, 5) is 17.6. The Morgan fingerprint density at radius 1 is 1.52 bits per heavy atom. The zero-order chi connectivity index (χ0) is 15.6. The molecule has 1 fully saturated rings. The molecule has 0 spiro atoms. The number of carboxylic acids is 1. The molecule has 1 aliphatic heterocycles. The van der Waals surface area contributed by atoms with Crippen LogP contribution in [0.15, 0.2) is 29.3 Å². The van der Waals surface area contributed by atoms with Crippen molar-refractivity contribution in [1.82, 2.24) is 4.90 Å². The lowest BCUT2D eigenvalue weighted by atomic mass is 9.94. The van der Waals surface area contributed by atoms with Gasteiger partial charge in [-0.15, -0.1) is 0 Å². The molecule has 0 aromatic heterocycles. The Balaban J connectivity index is 2.29. The molecular weight excluding hydrogens is 291 g/mol. The molecule has 1 aromatic carbocycles. The fourth-order valence-electron chi connectivity index (χ4n) is 2.67. The van der Waals surface area contributed by atoms with Crippen LogP contribution < -0.4 is 0 Å². The van der Waals surface area contributed by atoms with Gasteiger partial charge < -0.3 is 10.0 Å². The lowest BCUT2D eigenvalue weighted by Gasteiger charge is -2.28. The monoisotopic (exact) mass is 310 g/mol. The number of aliphatic carboxylic acids is 1. The molecule has 0 radical (unpaired) electrons. The van der Waals surface area contributed by atoms with Crippen LogP contribution in [0.5, 0.6) is 0 Å². The van der Waals surface area contributed by atoms with E-state index >= 15 is 0 Å². The Kier molecular flexibility index (Phi) is 4.88. The molecule has 1 aromatic rings. The molecule has 0 saturated carbocycles. The average Bonchev–Trinajstić information content (AvgIpc) is 2.70. The van der Waals surface area contributed by atoms with Gasteiger partial charge in [0.25, 0.3) is 0 Å². The Morgan fingerprint density at radius 3 is 2.76 bits per heavy atom. The van der Waals surface area contributed by atoms with Gasteiger partial charge in [0.2, 0.25) is 0 Å². The molecule has 2 rings (SSSR count). The van der Waals surface area contributed by atoms with Gasteiger partial charge in [-0.25, -0.2) is 9.38 Å². The van der Waals surface area contributed by atoms with Gasteiger partial charge in [0.1, 0.15) is 11.5 Å². The summed E-state index contributed by atoms with van der Waals surface area (Å²) in [6, 6.07) is 6.20. The van der Waals surface area contributed by atoms with E-state index in [9.17, 15) is 14.3 Å². The van der Waals surface area contributed by atoms with Crippen LogP contribution in [0.1, 0.15) is 20.3 Å². The minimum Gasteiger partial charge on any atom is -0.481 e. The highest BCUT2D eigenvalue weighted by Crippen LogP contribution is 2.37. The summed E-state index contributed by atoms with van der Waals surface area (Å²) in [6.45, 7) is 3.86. The minimum atomic E-state index is -0.797. The van der Waals surface area contributed by atoms with Gasteiger partial charge in [-0.3, -0.25) is 4.79 Å². The molecular formula is C15H19FN2O2S. The van der Waals surface area contributed by atoms with Crippen LogP contribution in [-0.4, -0.2) is 39.5 Å². The van der Waals surface area contributed by atoms with E-state index in [4.69, 9.17) is 0 Å². The first-order valence-electron chi connectivity index (χ1n) is 6.91. The van der Waals surface area contributed by atoms with E-state index in [0.717, 1.165) is 0 Å². The molecule has 0 amide bonds. The number of hydrogen-bond acceptors (Lipinski definition) is 3. The van der Waals surface area contributed by atoms with E-state index in [1.165, 1.54) is 17.8 Å². The molecule has 0 aliphatic carbocycles. The predicted octanol–water partition coefficient (Wildman–Crippen LogP) is 3.36. The molecule has 1 N–H and O–H groups in total. The molecule has 6 heteroatoms. The SMILES string of the molecule is CCC(C(=O)O)C1C(C)SC(=Nc2ccccc2F)N1C. The standard InChI is InChI=1S/C15H19FN2O2S/c1-4-10(14(19)20)13-9(2)21-15(18(13)3)17-12-8-6-5-7-11(12)16/h5-10,13H,4H2,1-3H3,(H,19,20). The van der Waals surface area contributed by atoms with E-state index in [2.05, 4.69) is 4.99 Å². The van der Waals surface area contributed by atoms with Gasteiger partial charge >= 0.3 is 5.97 Å². The third kappa shape index (κ3) is 3.20. The van der Waals surface area contributed by atoms with Crippen LogP contribution in [0.25, 0.3) is 0 Å². The Bertz CT molecular complexity index is 564. The second-order valence-electron chi connectivity index (χ2n) is 5.12. The van der Waals surface area contributed by atoms with Crippen LogP contribution in [0.2, 0.25) is 0 Å². The number of aliphatic imine (C=N–C) groups is 1. The fraction of sp³-hybridized carbons (Fsp3) is 0.467. The second-order valence-corrected chi connectivity index (χ2v) is 6.47. The number of rotatable bonds is 4. The first-order chi connectivity index (χ1) is 9.95. The van der Waals surface area contributed by atoms with E-state index in [1.807, 2.05) is 25.8 Å². The van der Waals surface area contributed by atoms with Crippen LogP contribution >= 0.6 is 11.8 Å². The first-order valence-corrected chi connectivity index (χ1v) is 7.79. The maximum absolute atomic E-state index is 13.7. The first kappa shape index (κ1) is 15.8. The van der Waals surface area contributed by atoms with Crippen LogP contribution in [-0.2, 0) is 4.79 Å². The van der Waals surface area contributed by atoms with Gasteiger partial charge in [-0.1, -0.05) is 37.7 Å². The number of amidine groups is 1. The molecule has 21 heavy (non-hydrogen) atoms. The molecule has 1 heterocycles. The van der Waals surface area contributed by atoms with E-state index in [-0.39, 0.29) is 22.8 Å². The third-order valence-electron chi connectivity index (χ3n) is 3.76. The van der Waals surface area contributed by atoms with Crippen molar-refractivity contribution in [3.8, 4) is 0 Å². The topological polar surface area (TPSA) is 52.9 Å². The molecule has 0 bridgehead atoms. The largest absolute Gasteiger partial charge is 0.481 e. The maximum Gasteiger partial charge on any atom is 0.308 e. The van der Waals surface area contributed by atoms with Crippen LogP contribution in [0, 0.1) is 11.7 Å². The third-order valence-corrected chi connectivity index (χ3v) is 5.00. The van der Waals surface area contributed by atoms with Crippen LogP contribution in [0.3, 0.4) is 0 Å². The number of thioether (sulfide) groups is 1. The second kappa shape index (κ2) is 6.47. The van der Waals surface area contributed by atoms with Crippen LogP contribution in [0.4, 0.5) is 10.1 Å². The predicted molar refractivity (Wildman–Crippen MR) is 83.5 cm³/mol. The lowest BCUT2D eigenvalue weighted by molar-refractivity contribution is -0.143. The lowest BCUT2D eigenvalue weighted by Crippen LogP contribution is -2.42. The fourth-order valence-corrected chi connectivity index (χ4v) is 3.95. The van der Waals surface area contributed by atoms with E-state index in [1.54, 1.807) is 18.2 Å². The number of carboxylic acid groups (broad SMARTS) is 1. The van der Waals surface area contributed by atoms with Crippen molar-refractivity contribution in [3.05, 3.63) is 30.1 Å². The Labute approximate surface area is 128 Å². The summed E-state index contributed by atoms with van der Waals surface area (Å²) in [5.41, 5.74) is 0.281. The molecule has 3 atom stereocenters. The highest BCUT2D eigenvalue weighted by molar-refractivity contribution is 8.14. The zero-order valence-electron chi connectivity index (χ0n) is 12.3. The zero-order valence-corrected chi connectivity index (χ0v) is 13.1. The smallest absolute Gasteiger partial charge is 0.308 e. The van der Waals surface area contributed by atoms with Crippen molar-refractivity contribution in [2.45, 2.75) is 31.6 Å². The van der Waals surface area contributed by atoms with Gasteiger partial charge in [0.15, 0.2) is 5.17 Å². The summed E-state index contributed by atoms with van der Waals surface area (Å²) in [7, 11) is 1.83. The molecule has 4 nitrogen and oxygen atoms in total. The van der Waals surface area contributed by atoms with Crippen molar-refractivity contribution in [1.29, 1.82) is 0 Å². The molecule has 1 saturated heterocycles. The Morgan fingerprint density at radius 2 is 2.19 bits per heavy atom. The Hall–Kier alpha value is -1.56. The average molecular weight is 310 g/mol. The summed E-state index contributed by atoms with van der Waals surface area (Å²) in [5.74, 6) is -1.62. The molecule has 3 unspecified atom stereocenters. The van der Waals surface area contributed by atoms with Crippen molar-refractivity contribution in [3.63, 3.8) is 0 Å². The summed E-state index contributed by atoms with van der Waals surface area (Å²) in [6.07, 6.45) is 0.558. The number of halogens is 1.